The van der Waals surface area contributed by atoms with Gasteiger partial charge in [-0.05, 0) is 73.6 Å². The van der Waals surface area contributed by atoms with Gasteiger partial charge in [0.15, 0.2) is 49.3 Å². The topological polar surface area (TPSA) is 718 Å². The third-order valence-electron chi connectivity index (χ3n) is 22.5. The van der Waals surface area contributed by atoms with E-state index in [0.717, 1.165) is 30.5 Å². The van der Waals surface area contributed by atoms with Crippen molar-refractivity contribution in [2.45, 2.75) is 256 Å². The summed E-state index contributed by atoms with van der Waals surface area (Å²) in [6, 6.07) is 10.3. The number of ether oxygens (including phenoxy) is 22. The highest BCUT2D eigenvalue weighted by atomic mass is 16.8. The first-order valence-corrected chi connectivity index (χ1v) is 45.7. The Morgan fingerprint density at radius 2 is 0.628 bits per heavy atom. The normalized spacial score (nSPS) is 31.8. The van der Waals surface area contributed by atoms with Gasteiger partial charge in [0.25, 0.3) is 0 Å². The lowest BCUT2D eigenvalue weighted by Crippen LogP contribution is -2.68. The fraction of sp³-hybridized carbons (Fsp3) is 0.793. The van der Waals surface area contributed by atoms with Crippen molar-refractivity contribution in [1.29, 1.82) is 0 Å². The van der Waals surface area contributed by atoms with Crippen LogP contribution >= 0.6 is 0 Å². The minimum absolute atomic E-state index is 0.0426. The van der Waals surface area contributed by atoms with E-state index in [1.807, 2.05) is 37.3 Å². The van der Waals surface area contributed by atoms with Gasteiger partial charge in [0, 0.05) is 65.8 Å². The second-order valence-corrected chi connectivity index (χ2v) is 33.1. The average molecular weight is 1980 g/mol. The number of nitrogens with one attached hydrogen (secondary N) is 4. The second-order valence-electron chi connectivity index (χ2n) is 33.1. The van der Waals surface area contributed by atoms with E-state index in [4.69, 9.17) is 104 Å². The number of hydrogen-bond donors (Lipinski definition) is 22. The first-order chi connectivity index (χ1) is 65.9. The standard InChI is InChI=1S/C87H140N4O46/c1-47-36-51(38-55(37-47)127-46-53(101)9-5-19-117-25-29-121-33-35-123-31-27-119-23-15-63(103)89-17-7-21-125-83-65(91-49(3)99)71(109)79(61(44-97)133-83)135-87-77(115)81(69(107)59(42-95)131-87)137-85-75(113)73(111)67(105)57(40-93)129-85)50-10-12-54(13-11-50)126-45-52(100)8-4-18-116-24-28-120-32-34-122-30-26-118-22-14-62(102)88-16-6-20-124-82-64(90-48(2)98)70(108)78(60(43-96)132-82)134-86-76(114)80(68(106)58(41-94)130-86)136-84-74(112)72(110)66(104)56(39-92)128-84/h10-13,36-38,56-61,64-87,92-97,104-115H,4-9,14-35,39-46H2,1-3H3,(H,88,102)(H,89,103)(H,90,98)(H,91,99)/t56?,57?,58?,59?,60?,61?,64?,65?,66-,67-,68-,69-,70+,71+,72-,73-,74?,75?,76?,77?,78+,79+,80-,81-,82+,83+,84+,85+,86-,87-/m0/s1. The predicted octanol–water partition coefficient (Wildman–Crippen LogP) is -9.74. The van der Waals surface area contributed by atoms with Crippen LogP contribution in [-0.2, 0) is 124 Å². The minimum Gasteiger partial charge on any atom is -0.486 e. The smallest absolute Gasteiger partial charge is 0.222 e. The number of aryl methyl sites for hydroxylation is 1. The van der Waals surface area contributed by atoms with Gasteiger partial charge in [-0.3, -0.25) is 28.8 Å². The van der Waals surface area contributed by atoms with Crippen LogP contribution in [-0.4, -0.2) is 496 Å². The molecule has 0 radical (unpaired) electrons. The highest BCUT2D eigenvalue weighted by molar-refractivity contribution is 5.81. The molecule has 0 saturated carbocycles. The summed E-state index contributed by atoms with van der Waals surface area (Å²) in [7, 11) is 0. The van der Waals surface area contributed by atoms with Crippen molar-refractivity contribution >= 4 is 35.2 Å². The summed E-state index contributed by atoms with van der Waals surface area (Å²) in [4.78, 5) is 75.0. The van der Waals surface area contributed by atoms with Crippen LogP contribution in [0.5, 0.6) is 11.5 Å². The van der Waals surface area contributed by atoms with Gasteiger partial charge in [0.1, 0.15) is 171 Å². The molecule has 784 valence electrons. The number of hydrogen-bond acceptors (Lipinski definition) is 46. The molecule has 6 aliphatic heterocycles. The molecule has 0 aromatic heterocycles. The van der Waals surface area contributed by atoms with Crippen molar-refractivity contribution in [3.05, 3.63) is 48.0 Å². The van der Waals surface area contributed by atoms with Crippen LogP contribution in [0.4, 0.5) is 0 Å². The molecule has 137 heavy (non-hydrogen) atoms. The maximum Gasteiger partial charge on any atom is 0.222 e. The van der Waals surface area contributed by atoms with Crippen LogP contribution < -0.4 is 30.7 Å². The van der Waals surface area contributed by atoms with Crippen LogP contribution in [0, 0.1) is 6.92 Å². The number of rotatable bonds is 65. The predicted molar refractivity (Wildman–Crippen MR) is 460 cm³/mol. The molecule has 2 aromatic carbocycles. The summed E-state index contributed by atoms with van der Waals surface area (Å²) in [6.45, 7) is 3.53. The fourth-order valence-corrected chi connectivity index (χ4v) is 15.1. The maximum atomic E-state index is 12.7. The van der Waals surface area contributed by atoms with Crippen LogP contribution in [0.25, 0.3) is 11.1 Å². The molecule has 0 aliphatic carbocycles. The molecule has 8 rings (SSSR count). The SMILES string of the molecule is CC(=O)NC1[C@H](OCCCNC(=O)CCOCCOCCOCCOCCCC(=O)COc2ccc(-c3cc(C)cc(OCC(=O)CCCOCCOCCOCCOCCC(=O)NCCCO[C@@H]4OC(CO)[C@@H](O[C@@H]5OC(CO)[C@H](O)[C@H](O[C@H]6OC(CO)[C@H](O)[C@H](O)C6O)C5O)[C@H](O)C4NC(C)=O)c3)cc2)OC(CO)[C@@H](O[C@@H]2OC(CO)[C@H](O)[C@H](O[C@H]3OC(CO)[C@H](O)[C@H](O)C3O)C2O)[C@@H]1O. The van der Waals surface area contributed by atoms with Gasteiger partial charge < -0.3 is 217 Å². The Balaban J connectivity index is 0.564. The van der Waals surface area contributed by atoms with E-state index in [1.165, 1.54) is 0 Å². The van der Waals surface area contributed by atoms with E-state index >= 15 is 0 Å². The van der Waals surface area contributed by atoms with Gasteiger partial charge in [0.05, 0.1) is 145 Å². The Labute approximate surface area is 790 Å². The van der Waals surface area contributed by atoms with E-state index in [2.05, 4.69) is 21.3 Å². The van der Waals surface area contributed by atoms with Crippen LogP contribution in [0.1, 0.15) is 70.8 Å². The van der Waals surface area contributed by atoms with E-state index in [-0.39, 0.29) is 148 Å². The summed E-state index contributed by atoms with van der Waals surface area (Å²) in [5, 5.41) is 200. The van der Waals surface area contributed by atoms with Gasteiger partial charge >= 0.3 is 0 Å². The molecule has 50 nitrogen and oxygen atoms in total. The molecule has 12 unspecified atom stereocenters. The first kappa shape index (κ1) is 116. The quantitative estimate of drug-likeness (QED) is 0.0274. The highest BCUT2D eigenvalue weighted by Gasteiger charge is 2.57. The van der Waals surface area contributed by atoms with E-state index in [9.17, 15) is 121 Å². The first-order valence-electron chi connectivity index (χ1n) is 45.7. The molecule has 2 aromatic rings. The van der Waals surface area contributed by atoms with Crippen molar-refractivity contribution in [3.63, 3.8) is 0 Å². The molecular formula is C87H140N4O46. The highest BCUT2D eigenvalue weighted by Crippen LogP contribution is 2.37. The zero-order valence-corrected chi connectivity index (χ0v) is 76.8. The number of amides is 4. The van der Waals surface area contributed by atoms with Crippen molar-refractivity contribution in [2.24, 2.45) is 0 Å². The molecular weight excluding hydrogens is 1840 g/mol. The molecule has 4 amide bonds. The maximum absolute atomic E-state index is 12.7. The molecule has 50 heteroatoms. The fourth-order valence-electron chi connectivity index (χ4n) is 15.1. The Kier molecular flexibility index (Phi) is 52.8. The molecule has 6 fully saturated rings. The van der Waals surface area contributed by atoms with Crippen molar-refractivity contribution in [1.82, 2.24) is 21.3 Å². The summed E-state index contributed by atoms with van der Waals surface area (Å²) in [5.41, 5.74) is 2.67. The molecule has 0 bridgehead atoms. The lowest BCUT2D eigenvalue weighted by atomic mass is 9.95. The number of benzene rings is 2. The number of aliphatic hydroxyl groups excluding tert-OH is 18. The number of ketones is 2. The zero-order chi connectivity index (χ0) is 99.5. The molecule has 22 N–H and O–H groups in total. The van der Waals surface area contributed by atoms with Gasteiger partial charge in [0.2, 0.25) is 23.6 Å². The second kappa shape index (κ2) is 62.3. The number of carbonyl (C=O) groups is 6. The number of aliphatic hydroxyl groups is 18. The minimum atomic E-state index is -1.99. The third kappa shape index (κ3) is 37.5. The number of Topliss-reactive ketones (excluding diaryl/α,β-unsaturated/α-hetero) is 2. The van der Waals surface area contributed by atoms with E-state index in [0.29, 0.717) is 83.8 Å². The van der Waals surface area contributed by atoms with Crippen LogP contribution in [0.15, 0.2) is 42.5 Å². The van der Waals surface area contributed by atoms with Crippen LogP contribution in [0.3, 0.4) is 0 Å². The lowest BCUT2D eigenvalue weighted by Gasteiger charge is -2.48. The lowest BCUT2D eigenvalue weighted by molar-refractivity contribution is -0.376. The van der Waals surface area contributed by atoms with Gasteiger partial charge in [-0.25, -0.2) is 0 Å². The summed E-state index contributed by atoms with van der Waals surface area (Å²) in [5.74, 6) is -1.00. The average Bonchev–Trinajstić information content (AvgIpc) is 0.771. The summed E-state index contributed by atoms with van der Waals surface area (Å²) in [6.07, 6.45) is -45.6. The Morgan fingerprint density at radius 3 is 0.985 bits per heavy atom. The zero-order valence-electron chi connectivity index (χ0n) is 76.8. The Morgan fingerprint density at radius 1 is 0.307 bits per heavy atom. The summed E-state index contributed by atoms with van der Waals surface area (Å²) < 4.78 is 124. The monoisotopic (exact) mass is 1980 g/mol. The van der Waals surface area contributed by atoms with Crippen LogP contribution in [0.2, 0.25) is 0 Å². The third-order valence-corrected chi connectivity index (χ3v) is 22.5. The molecule has 30 atom stereocenters. The van der Waals surface area contributed by atoms with E-state index < -0.39 is 236 Å². The van der Waals surface area contributed by atoms with Gasteiger partial charge in [-0.2, -0.15) is 0 Å². The largest absolute Gasteiger partial charge is 0.486 e. The van der Waals surface area contributed by atoms with Crippen molar-refractivity contribution < 1.29 is 225 Å². The number of carbonyl (C=O) groups excluding carboxylic acids is 6. The van der Waals surface area contributed by atoms with Gasteiger partial charge in [-0.15, -0.1) is 0 Å². The Bertz CT molecular complexity index is 3760. The van der Waals surface area contributed by atoms with Gasteiger partial charge in [-0.1, -0.05) is 18.2 Å². The molecule has 6 heterocycles. The van der Waals surface area contributed by atoms with Crippen molar-refractivity contribution in [3.8, 4) is 22.6 Å². The molecule has 6 aliphatic rings. The Hall–Kier alpha value is -6.26. The molecule has 6 saturated heterocycles. The summed E-state index contributed by atoms with van der Waals surface area (Å²) >= 11 is 0. The molecule has 0 spiro atoms. The van der Waals surface area contributed by atoms with Crippen molar-refractivity contribution in [2.75, 3.05) is 185 Å². The van der Waals surface area contributed by atoms with E-state index in [1.54, 1.807) is 12.1 Å².